The Morgan fingerprint density at radius 3 is 2.52 bits per heavy atom. The number of ether oxygens (including phenoxy) is 2. The molecule has 3 atom stereocenters. The number of carbonyl (C=O) groups is 2. The molecule has 0 spiro atoms. The average molecular weight is 376 g/mol. The van der Waals surface area contributed by atoms with Crippen LogP contribution in [0.2, 0.25) is 0 Å². The van der Waals surface area contributed by atoms with E-state index in [0.29, 0.717) is 17.7 Å². The van der Waals surface area contributed by atoms with Crippen molar-refractivity contribution in [2.45, 2.75) is 44.5 Å². The number of esters is 1. The number of cyclic esters (lactones) is 1. The molecule has 1 aromatic rings. The number of aliphatic hydroxyl groups is 2. The van der Waals surface area contributed by atoms with Gasteiger partial charge >= 0.3 is 5.97 Å². The first kappa shape index (κ1) is 20.7. The van der Waals surface area contributed by atoms with Crippen LogP contribution in [-0.4, -0.2) is 52.5 Å². The third kappa shape index (κ3) is 5.18. The molecule has 1 aliphatic rings. The Kier molecular flexibility index (Phi) is 7.15. The Morgan fingerprint density at radius 1 is 1.15 bits per heavy atom. The lowest BCUT2D eigenvalue weighted by molar-refractivity contribution is -0.127. The van der Waals surface area contributed by atoms with E-state index in [1.54, 1.807) is 6.07 Å². The van der Waals surface area contributed by atoms with Crippen molar-refractivity contribution in [1.82, 2.24) is 0 Å². The maximum atomic E-state index is 12.6. The van der Waals surface area contributed by atoms with Crippen molar-refractivity contribution in [3.8, 4) is 11.5 Å². The summed E-state index contributed by atoms with van der Waals surface area (Å²) in [5.74, 6) is -1.25. The molecule has 2 rings (SSSR count). The number of hydrogen-bond acceptors (Lipinski definition) is 7. The number of carbonyl (C=O) groups excluding carboxylic acids is 2. The van der Waals surface area contributed by atoms with Gasteiger partial charge in [0.05, 0.1) is 13.2 Å². The van der Waals surface area contributed by atoms with E-state index in [9.17, 15) is 24.9 Å². The number of phenolic OH excluding ortho intramolecular Hbond substituents is 1. The van der Waals surface area contributed by atoms with Gasteiger partial charge in [0.15, 0.2) is 5.78 Å². The van der Waals surface area contributed by atoms with Crippen molar-refractivity contribution in [3.05, 3.63) is 41.5 Å². The summed E-state index contributed by atoms with van der Waals surface area (Å²) in [5.41, 5.74) is 0.324. The Morgan fingerprint density at radius 2 is 1.85 bits per heavy atom. The molecule has 0 bridgehead atoms. The van der Waals surface area contributed by atoms with Gasteiger partial charge in [0.25, 0.3) is 0 Å². The first-order valence-corrected chi connectivity index (χ1v) is 8.72. The van der Waals surface area contributed by atoms with Crippen molar-refractivity contribution >= 4 is 17.8 Å². The second-order valence-corrected chi connectivity index (χ2v) is 6.24. The first-order valence-electron chi connectivity index (χ1n) is 8.72. The van der Waals surface area contributed by atoms with Crippen LogP contribution < -0.4 is 4.74 Å². The minimum Gasteiger partial charge on any atom is -0.507 e. The predicted octanol–water partition coefficient (Wildman–Crippen LogP) is 1.99. The number of phenols is 1. The zero-order chi connectivity index (χ0) is 20.0. The molecule has 1 aromatic carbocycles. The second kappa shape index (κ2) is 9.34. The maximum Gasteiger partial charge on any atom is 0.342 e. The molecule has 3 N–H and O–H groups in total. The molecule has 0 radical (unpaired) electrons. The molecule has 1 unspecified atom stereocenters. The van der Waals surface area contributed by atoms with Crippen LogP contribution in [0.3, 0.4) is 0 Å². The highest BCUT2D eigenvalue weighted by Crippen LogP contribution is 2.30. The number of benzene rings is 1. The lowest BCUT2D eigenvalue weighted by Gasteiger charge is -2.18. The van der Waals surface area contributed by atoms with E-state index in [1.165, 1.54) is 37.5 Å². The molecule has 7 heteroatoms. The summed E-state index contributed by atoms with van der Waals surface area (Å²) in [6.07, 6.45) is 3.06. The summed E-state index contributed by atoms with van der Waals surface area (Å²) >= 11 is 0. The van der Waals surface area contributed by atoms with Crippen LogP contribution in [0.5, 0.6) is 11.5 Å². The molecule has 0 saturated heterocycles. The summed E-state index contributed by atoms with van der Waals surface area (Å²) in [6.45, 7) is 1.82. The molecular weight excluding hydrogens is 352 g/mol. The van der Waals surface area contributed by atoms with E-state index in [-0.39, 0.29) is 24.2 Å². The Bertz CT molecular complexity index is 751. The van der Waals surface area contributed by atoms with Crippen LogP contribution >= 0.6 is 0 Å². The van der Waals surface area contributed by atoms with Gasteiger partial charge in [-0.05, 0) is 30.5 Å². The molecule has 1 aliphatic heterocycles. The number of rotatable bonds is 2. The van der Waals surface area contributed by atoms with Crippen LogP contribution in [0.1, 0.15) is 42.1 Å². The van der Waals surface area contributed by atoms with E-state index >= 15 is 0 Å². The fourth-order valence-corrected chi connectivity index (χ4v) is 2.69. The van der Waals surface area contributed by atoms with E-state index in [0.717, 1.165) is 0 Å². The standard InChI is InChI=1S/C20H24O7/c1-3-13-7-5-9-16(22)19(24)15(21)8-4-6-12-10-14(26-2)11-17(23)18(12)20(25)27-13/h4-6,9-11,13,15,19,21,23-24H,3,7-8H2,1-2H3/b6-4+,9-5-/t13?,15-,19-/m1/s1. The fourth-order valence-electron chi connectivity index (χ4n) is 2.69. The molecule has 0 saturated carbocycles. The van der Waals surface area contributed by atoms with Gasteiger partial charge in [-0.2, -0.15) is 0 Å². The van der Waals surface area contributed by atoms with Gasteiger partial charge in [0, 0.05) is 12.5 Å². The van der Waals surface area contributed by atoms with Gasteiger partial charge in [0.2, 0.25) is 0 Å². The highest BCUT2D eigenvalue weighted by atomic mass is 16.5. The number of aromatic hydroxyl groups is 1. The third-order valence-corrected chi connectivity index (χ3v) is 4.30. The molecule has 0 aliphatic carbocycles. The normalized spacial score (nSPS) is 26.4. The third-order valence-electron chi connectivity index (χ3n) is 4.30. The SMILES string of the molecule is CCC1C/C=C\C(=O)[C@H](O)[C@H](O)C/C=C/c2cc(OC)cc(O)c2C(=O)O1. The highest BCUT2D eigenvalue weighted by Gasteiger charge is 2.24. The van der Waals surface area contributed by atoms with E-state index < -0.39 is 30.1 Å². The van der Waals surface area contributed by atoms with Gasteiger partial charge < -0.3 is 24.8 Å². The van der Waals surface area contributed by atoms with E-state index in [1.807, 2.05) is 6.92 Å². The zero-order valence-corrected chi connectivity index (χ0v) is 15.3. The number of fused-ring (bicyclic) bond motifs is 1. The zero-order valence-electron chi connectivity index (χ0n) is 15.3. The van der Waals surface area contributed by atoms with Gasteiger partial charge in [-0.15, -0.1) is 0 Å². The maximum absolute atomic E-state index is 12.6. The van der Waals surface area contributed by atoms with Gasteiger partial charge in [-0.3, -0.25) is 4.79 Å². The molecule has 0 aromatic heterocycles. The lowest BCUT2D eigenvalue weighted by atomic mass is 10.0. The Hall–Kier alpha value is -2.64. The monoisotopic (exact) mass is 376 g/mol. The van der Waals surface area contributed by atoms with Gasteiger partial charge in [-0.25, -0.2) is 4.79 Å². The first-order chi connectivity index (χ1) is 12.9. The Labute approximate surface area is 157 Å². The van der Waals surface area contributed by atoms with Crippen LogP contribution in [0, 0.1) is 0 Å². The van der Waals surface area contributed by atoms with Gasteiger partial charge in [0.1, 0.15) is 29.3 Å². The quantitative estimate of drug-likeness (QED) is 0.677. The van der Waals surface area contributed by atoms with Crippen LogP contribution in [0.25, 0.3) is 6.08 Å². The number of methoxy groups -OCH3 is 1. The van der Waals surface area contributed by atoms with Crippen molar-refractivity contribution in [2.24, 2.45) is 0 Å². The highest BCUT2D eigenvalue weighted by molar-refractivity contribution is 5.97. The fraction of sp³-hybridized carbons (Fsp3) is 0.400. The molecular formula is C20H24O7. The lowest BCUT2D eigenvalue weighted by Crippen LogP contribution is -2.32. The van der Waals surface area contributed by atoms with Crippen LogP contribution in [0.15, 0.2) is 30.4 Å². The molecule has 1 heterocycles. The van der Waals surface area contributed by atoms with Crippen molar-refractivity contribution in [1.29, 1.82) is 0 Å². The van der Waals surface area contributed by atoms with Gasteiger partial charge in [-0.1, -0.05) is 25.2 Å². The summed E-state index contributed by atoms with van der Waals surface area (Å²) < 4.78 is 10.6. The minimum atomic E-state index is -1.55. The average Bonchev–Trinajstić information content (AvgIpc) is 2.64. The predicted molar refractivity (Wildman–Crippen MR) is 98.6 cm³/mol. The molecule has 146 valence electrons. The molecule has 0 amide bonds. The summed E-state index contributed by atoms with van der Waals surface area (Å²) in [7, 11) is 1.43. The largest absolute Gasteiger partial charge is 0.507 e. The van der Waals surface area contributed by atoms with E-state index in [2.05, 4.69) is 0 Å². The minimum absolute atomic E-state index is 0.0161. The van der Waals surface area contributed by atoms with Crippen LogP contribution in [0.4, 0.5) is 0 Å². The van der Waals surface area contributed by atoms with Crippen molar-refractivity contribution in [2.75, 3.05) is 7.11 Å². The van der Waals surface area contributed by atoms with Crippen molar-refractivity contribution < 1.29 is 34.4 Å². The number of hydrogen-bond donors (Lipinski definition) is 3. The second-order valence-electron chi connectivity index (χ2n) is 6.24. The summed E-state index contributed by atoms with van der Waals surface area (Å²) in [4.78, 5) is 24.5. The number of ketones is 1. The van der Waals surface area contributed by atoms with Crippen LogP contribution in [-0.2, 0) is 9.53 Å². The van der Waals surface area contributed by atoms with E-state index in [4.69, 9.17) is 9.47 Å². The smallest absolute Gasteiger partial charge is 0.342 e. The number of aliphatic hydroxyl groups excluding tert-OH is 2. The summed E-state index contributed by atoms with van der Waals surface area (Å²) in [5, 5.41) is 30.2. The molecule has 27 heavy (non-hydrogen) atoms. The summed E-state index contributed by atoms with van der Waals surface area (Å²) in [6, 6.07) is 2.86. The molecule has 7 nitrogen and oxygen atoms in total. The molecule has 0 fully saturated rings. The topological polar surface area (TPSA) is 113 Å². The van der Waals surface area contributed by atoms with Crippen molar-refractivity contribution in [3.63, 3.8) is 0 Å². The Balaban J connectivity index is 2.47.